The average molecular weight is 473 g/mol. The lowest BCUT2D eigenvalue weighted by Gasteiger charge is -2.12. The molecule has 188 valence electrons. The Bertz CT molecular complexity index is 674. The highest BCUT2D eigenvalue weighted by Gasteiger charge is 2.33. The molecule has 0 fully saturated rings. The number of alkyl halides is 3. The second-order valence-corrected chi connectivity index (χ2v) is 8.43. The van der Waals surface area contributed by atoms with Gasteiger partial charge in [-0.3, -0.25) is 9.59 Å². The van der Waals surface area contributed by atoms with E-state index in [1.54, 1.807) is 0 Å². The van der Waals surface area contributed by atoms with E-state index in [1.165, 1.54) is 76.0 Å². The van der Waals surface area contributed by atoms with Crippen LogP contribution in [-0.2, 0) is 31.8 Å². The molecule has 0 unspecified atom stereocenters. The summed E-state index contributed by atoms with van der Waals surface area (Å²) >= 11 is 0. The van der Waals surface area contributed by atoms with Crippen molar-refractivity contribution in [3.05, 3.63) is 35.4 Å². The van der Waals surface area contributed by atoms with Crippen molar-refractivity contribution in [1.82, 2.24) is 0 Å². The Morgan fingerprint density at radius 2 is 1.21 bits per heavy atom. The Labute approximate surface area is 196 Å². The highest BCUT2D eigenvalue weighted by atomic mass is 19.4. The van der Waals surface area contributed by atoms with Gasteiger partial charge in [0.25, 0.3) is 0 Å². The third-order valence-corrected chi connectivity index (χ3v) is 5.51. The molecule has 0 aromatic heterocycles. The molecule has 1 aromatic rings. The average Bonchev–Trinajstić information content (AvgIpc) is 2.79. The molecule has 0 radical (unpaired) electrons. The van der Waals surface area contributed by atoms with E-state index in [9.17, 15) is 22.8 Å². The van der Waals surface area contributed by atoms with Crippen LogP contribution in [0.2, 0.25) is 0 Å². The molecule has 7 heteroatoms. The van der Waals surface area contributed by atoms with Gasteiger partial charge in [-0.05, 0) is 12.5 Å². The van der Waals surface area contributed by atoms with Crippen LogP contribution in [0.15, 0.2) is 24.3 Å². The van der Waals surface area contributed by atoms with Crippen LogP contribution in [0.25, 0.3) is 0 Å². The number of carbonyl (C=O) groups is 2. The first kappa shape index (κ1) is 29.0. The first-order chi connectivity index (χ1) is 15.8. The maximum absolute atomic E-state index is 12.9. The quantitative estimate of drug-likeness (QED) is 0.162. The lowest BCUT2D eigenvalue weighted by Crippen LogP contribution is -2.13. The van der Waals surface area contributed by atoms with Gasteiger partial charge in [0, 0.05) is 5.56 Å². The lowest BCUT2D eigenvalue weighted by molar-refractivity contribution is -0.152. The number of hydrogen-bond donors (Lipinski definition) is 0. The molecular weight excluding hydrogens is 433 g/mol. The number of rotatable bonds is 18. The van der Waals surface area contributed by atoms with Gasteiger partial charge in [-0.25, -0.2) is 0 Å². The number of halogens is 3. The van der Waals surface area contributed by atoms with Crippen molar-refractivity contribution in [1.29, 1.82) is 0 Å². The summed E-state index contributed by atoms with van der Waals surface area (Å²) in [6.07, 6.45) is 9.78. The molecule has 0 spiro atoms. The normalized spacial score (nSPS) is 11.4. The van der Waals surface area contributed by atoms with E-state index in [0.717, 1.165) is 25.3 Å². The molecule has 33 heavy (non-hydrogen) atoms. The van der Waals surface area contributed by atoms with Crippen molar-refractivity contribution in [2.75, 3.05) is 6.61 Å². The Hall–Kier alpha value is -2.05. The predicted octanol–water partition coefficient (Wildman–Crippen LogP) is 7.77. The van der Waals surface area contributed by atoms with Crippen molar-refractivity contribution in [2.24, 2.45) is 0 Å². The summed E-state index contributed by atoms with van der Waals surface area (Å²) in [4.78, 5) is 23.5. The van der Waals surface area contributed by atoms with Crippen molar-refractivity contribution in [3.63, 3.8) is 0 Å². The zero-order valence-electron chi connectivity index (χ0n) is 19.9. The SMILES string of the molecule is CCCCCCCCCCCCCCOC(=O)CCC(=O)OCc1ccccc1C(F)(F)F. The van der Waals surface area contributed by atoms with Crippen LogP contribution in [-0.4, -0.2) is 18.5 Å². The molecule has 0 aliphatic heterocycles. The second-order valence-electron chi connectivity index (χ2n) is 8.43. The summed E-state index contributed by atoms with van der Waals surface area (Å²) in [6.45, 7) is 2.07. The molecule has 1 aromatic carbocycles. The zero-order chi connectivity index (χ0) is 24.4. The smallest absolute Gasteiger partial charge is 0.416 e. The van der Waals surface area contributed by atoms with E-state index in [2.05, 4.69) is 6.92 Å². The van der Waals surface area contributed by atoms with Gasteiger partial charge in [0.2, 0.25) is 0 Å². The summed E-state index contributed by atoms with van der Waals surface area (Å²) < 4.78 is 48.8. The molecule has 0 saturated carbocycles. The summed E-state index contributed by atoms with van der Waals surface area (Å²) in [5, 5.41) is 0. The molecule has 0 N–H and O–H groups in total. The number of benzene rings is 1. The minimum Gasteiger partial charge on any atom is -0.466 e. The fraction of sp³-hybridized carbons (Fsp3) is 0.692. The minimum atomic E-state index is -4.51. The molecule has 4 nitrogen and oxygen atoms in total. The highest BCUT2D eigenvalue weighted by Crippen LogP contribution is 2.32. The van der Waals surface area contributed by atoms with Crippen LogP contribution in [0.3, 0.4) is 0 Å². The number of unbranched alkanes of at least 4 members (excludes halogenated alkanes) is 11. The standard InChI is InChI=1S/C26H39F3O4/c1-2-3-4-5-6-7-8-9-10-11-12-15-20-32-24(30)18-19-25(31)33-21-22-16-13-14-17-23(22)26(27,28)29/h13-14,16-17H,2-12,15,18-21H2,1H3. The van der Waals surface area contributed by atoms with Crippen LogP contribution in [0, 0.1) is 0 Å². The Morgan fingerprint density at radius 1 is 0.727 bits per heavy atom. The van der Waals surface area contributed by atoms with E-state index >= 15 is 0 Å². The Balaban J connectivity index is 2.01. The molecule has 0 atom stereocenters. The fourth-order valence-electron chi connectivity index (χ4n) is 3.56. The molecule has 0 saturated heterocycles. The first-order valence-electron chi connectivity index (χ1n) is 12.3. The van der Waals surface area contributed by atoms with E-state index in [1.807, 2.05) is 0 Å². The molecular formula is C26H39F3O4. The van der Waals surface area contributed by atoms with Crippen molar-refractivity contribution in [2.45, 2.75) is 110 Å². The maximum atomic E-state index is 12.9. The van der Waals surface area contributed by atoms with Gasteiger partial charge in [-0.2, -0.15) is 13.2 Å². The van der Waals surface area contributed by atoms with Crippen LogP contribution >= 0.6 is 0 Å². The Morgan fingerprint density at radius 3 is 1.76 bits per heavy atom. The van der Waals surface area contributed by atoms with Gasteiger partial charge in [-0.15, -0.1) is 0 Å². The van der Waals surface area contributed by atoms with E-state index in [4.69, 9.17) is 9.47 Å². The largest absolute Gasteiger partial charge is 0.466 e. The van der Waals surface area contributed by atoms with Gasteiger partial charge in [0.05, 0.1) is 25.0 Å². The molecule has 0 aliphatic rings. The van der Waals surface area contributed by atoms with Crippen LogP contribution in [0.5, 0.6) is 0 Å². The number of esters is 2. The Kier molecular flexibility index (Phi) is 15.3. The fourth-order valence-corrected chi connectivity index (χ4v) is 3.56. The zero-order valence-corrected chi connectivity index (χ0v) is 19.9. The lowest BCUT2D eigenvalue weighted by atomic mass is 10.1. The number of carbonyl (C=O) groups excluding carboxylic acids is 2. The van der Waals surface area contributed by atoms with Crippen molar-refractivity contribution >= 4 is 11.9 Å². The van der Waals surface area contributed by atoms with Crippen LogP contribution in [0.4, 0.5) is 13.2 Å². The summed E-state index contributed by atoms with van der Waals surface area (Å²) in [7, 11) is 0. The van der Waals surface area contributed by atoms with Crippen LogP contribution in [0.1, 0.15) is 108 Å². The van der Waals surface area contributed by atoms with Crippen molar-refractivity contribution in [3.8, 4) is 0 Å². The summed E-state index contributed by atoms with van der Waals surface area (Å²) in [6, 6.07) is 4.93. The number of hydrogen-bond acceptors (Lipinski definition) is 4. The molecule has 0 bridgehead atoms. The second kappa shape index (κ2) is 17.4. The van der Waals surface area contributed by atoms with Gasteiger partial charge in [0.15, 0.2) is 0 Å². The van der Waals surface area contributed by atoms with Gasteiger partial charge in [-0.1, -0.05) is 95.8 Å². The summed E-state index contributed by atoms with van der Waals surface area (Å²) in [5.74, 6) is -1.22. The van der Waals surface area contributed by atoms with Gasteiger partial charge >= 0.3 is 18.1 Å². The van der Waals surface area contributed by atoms with Gasteiger partial charge < -0.3 is 9.47 Å². The molecule has 1 rings (SSSR count). The summed E-state index contributed by atoms with van der Waals surface area (Å²) in [5.41, 5.74) is -0.951. The highest BCUT2D eigenvalue weighted by molar-refractivity contribution is 5.77. The topological polar surface area (TPSA) is 52.6 Å². The number of ether oxygens (including phenoxy) is 2. The molecule has 0 aliphatic carbocycles. The van der Waals surface area contributed by atoms with Crippen LogP contribution < -0.4 is 0 Å². The van der Waals surface area contributed by atoms with Gasteiger partial charge in [0.1, 0.15) is 6.61 Å². The molecule has 0 heterocycles. The minimum absolute atomic E-state index is 0.118. The van der Waals surface area contributed by atoms with E-state index in [0.29, 0.717) is 6.61 Å². The van der Waals surface area contributed by atoms with E-state index < -0.39 is 30.3 Å². The third-order valence-electron chi connectivity index (χ3n) is 5.51. The predicted molar refractivity (Wildman–Crippen MR) is 123 cm³/mol. The van der Waals surface area contributed by atoms with Crippen molar-refractivity contribution < 1.29 is 32.2 Å². The van der Waals surface area contributed by atoms with E-state index in [-0.39, 0.29) is 18.4 Å². The third kappa shape index (κ3) is 14.7. The monoisotopic (exact) mass is 472 g/mol. The first-order valence-corrected chi connectivity index (χ1v) is 12.3. The molecule has 0 amide bonds. The maximum Gasteiger partial charge on any atom is 0.416 e.